The molecule has 2 rings (SSSR count). The Kier molecular flexibility index (Phi) is 4.77. The van der Waals surface area contributed by atoms with Crippen LogP contribution in [0, 0.1) is 0 Å². The minimum atomic E-state index is 1.15. The third-order valence-electron chi connectivity index (χ3n) is 3.12. The van der Waals surface area contributed by atoms with E-state index in [2.05, 4.69) is 27.3 Å². The molecule has 1 aliphatic rings. The highest BCUT2D eigenvalue weighted by atomic mass is 15.1. The lowest BCUT2D eigenvalue weighted by Gasteiger charge is -2.24. The summed E-state index contributed by atoms with van der Waals surface area (Å²) in [6, 6.07) is 4.23. The largest absolute Gasteiger partial charge is 0.317 e. The molecule has 0 aromatic carbocycles. The zero-order chi connectivity index (χ0) is 11.1. The van der Waals surface area contributed by atoms with Crippen LogP contribution in [0.2, 0.25) is 0 Å². The highest BCUT2D eigenvalue weighted by Gasteiger charge is 2.07. The molecule has 1 aliphatic heterocycles. The molecule has 0 bridgehead atoms. The van der Waals surface area contributed by atoms with E-state index in [1.54, 1.807) is 0 Å². The maximum absolute atomic E-state index is 4.05. The monoisotopic (exact) mass is 219 g/mol. The van der Waals surface area contributed by atoms with Gasteiger partial charge in [-0.1, -0.05) is 0 Å². The van der Waals surface area contributed by atoms with Crippen molar-refractivity contribution >= 4 is 0 Å². The van der Waals surface area contributed by atoms with Gasteiger partial charge in [0.25, 0.3) is 0 Å². The number of nitrogens with one attached hydrogen (secondary N) is 1. The number of aromatic nitrogens is 1. The molecule has 1 N–H and O–H groups in total. The van der Waals surface area contributed by atoms with E-state index in [0.717, 1.165) is 6.42 Å². The molecule has 0 spiro atoms. The van der Waals surface area contributed by atoms with Gasteiger partial charge in [-0.15, -0.1) is 0 Å². The molecule has 0 aliphatic carbocycles. The van der Waals surface area contributed by atoms with Gasteiger partial charge in [-0.05, 0) is 63.1 Å². The summed E-state index contributed by atoms with van der Waals surface area (Å²) < 4.78 is 0. The van der Waals surface area contributed by atoms with Crippen LogP contribution < -0.4 is 5.32 Å². The fourth-order valence-electron chi connectivity index (χ4n) is 2.15. The quantitative estimate of drug-likeness (QED) is 0.831. The van der Waals surface area contributed by atoms with Gasteiger partial charge in [-0.3, -0.25) is 4.98 Å². The van der Waals surface area contributed by atoms with Crippen molar-refractivity contribution in [1.82, 2.24) is 15.2 Å². The van der Waals surface area contributed by atoms with Gasteiger partial charge in [0, 0.05) is 18.9 Å². The van der Waals surface area contributed by atoms with E-state index in [1.807, 2.05) is 12.4 Å². The van der Waals surface area contributed by atoms with Crippen molar-refractivity contribution in [1.29, 1.82) is 0 Å². The molecule has 0 unspecified atom stereocenters. The van der Waals surface area contributed by atoms with E-state index >= 15 is 0 Å². The highest BCUT2D eigenvalue weighted by Crippen LogP contribution is 2.02. The summed E-state index contributed by atoms with van der Waals surface area (Å²) in [6.07, 6.45) is 7.46. The predicted molar refractivity (Wildman–Crippen MR) is 66.5 cm³/mol. The smallest absolute Gasteiger partial charge is 0.0270 e. The van der Waals surface area contributed by atoms with Crippen LogP contribution in [0.3, 0.4) is 0 Å². The number of hydrogen-bond acceptors (Lipinski definition) is 3. The Labute approximate surface area is 97.9 Å². The summed E-state index contributed by atoms with van der Waals surface area (Å²) >= 11 is 0. The van der Waals surface area contributed by atoms with Crippen LogP contribution >= 0.6 is 0 Å². The topological polar surface area (TPSA) is 28.2 Å². The Balaban J connectivity index is 1.75. The van der Waals surface area contributed by atoms with Crippen LogP contribution in [0.25, 0.3) is 0 Å². The molecular weight excluding hydrogens is 198 g/mol. The second kappa shape index (κ2) is 6.61. The van der Waals surface area contributed by atoms with Crippen LogP contribution in [0.5, 0.6) is 0 Å². The van der Waals surface area contributed by atoms with Gasteiger partial charge in [0.15, 0.2) is 0 Å². The lowest BCUT2D eigenvalue weighted by molar-refractivity contribution is 0.255. The van der Waals surface area contributed by atoms with Crippen molar-refractivity contribution < 1.29 is 0 Å². The molecule has 88 valence electrons. The molecule has 1 saturated heterocycles. The Morgan fingerprint density at radius 1 is 1.12 bits per heavy atom. The average molecular weight is 219 g/mol. The SMILES string of the molecule is c1cc(CCN2CCCNCCC2)ccn1. The standard InChI is InChI=1S/C13H21N3/c1-6-14-7-2-11-16(10-1)12-5-13-3-8-15-9-4-13/h3-4,8-9,14H,1-2,5-7,10-12H2. The van der Waals surface area contributed by atoms with Gasteiger partial charge in [0.2, 0.25) is 0 Å². The average Bonchev–Trinajstić information content (AvgIpc) is 2.29. The van der Waals surface area contributed by atoms with E-state index in [4.69, 9.17) is 0 Å². The Morgan fingerprint density at radius 3 is 2.50 bits per heavy atom. The van der Waals surface area contributed by atoms with E-state index < -0.39 is 0 Å². The zero-order valence-corrected chi connectivity index (χ0v) is 9.86. The maximum Gasteiger partial charge on any atom is 0.0270 e. The van der Waals surface area contributed by atoms with Gasteiger partial charge < -0.3 is 10.2 Å². The molecule has 0 atom stereocenters. The van der Waals surface area contributed by atoms with Crippen molar-refractivity contribution in [2.24, 2.45) is 0 Å². The number of pyridine rings is 1. The molecule has 1 aromatic heterocycles. The van der Waals surface area contributed by atoms with Crippen LogP contribution in [0.4, 0.5) is 0 Å². The Bertz CT molecular complexity index is 278. The van der Waals surface area contributed by atoms with Crippen molar-refractivity contribution in [3.8, 4) is 0 Å². The summed E-state index contributed by atoms with van der Waals surface area (Å²) in [7, 11) is 0. The second-order valence-corrected chi connectivity index (χ2v) is 4.40. The number of nitrogens with zero attached hydrogens (tertiary/aromatic N) is 2. The van der Waals surface area contributed by atoms with Crippen LogP contribution in [-0.2, 0) is 6.42 Å². The third-order valence-corrected chi connectivity index (χ3v) is 3.12. The first-order valence-electron chi connectivity index (χ1n) is 6.27. The van der Waals surface area contributed by atoms with E-state index in [0.29, 0.717) is 0 Å². The summed E-state index contributed by atoms with van der Waals surface area (Å²) in [6.45, 7) is 6.00. The van der Waals surface area contributed by atoms with Crippen molar-refractivity contribution in [2.45, 2.75) is 19.3 Å². The lowest BCUT2D eigenvalue weighted by atomic mass is 10.2. The molecule has 16 heavy (non-hydrogen) atoms. The van der Waals surface area contributed by atoms with Crippen molar-refractivity contribution in [3.05, 3.63) is 30.1 Å². The molecule has 1 aromatic rings. The molecule has 3 nitrogen and oxygen atoms in total. The van der Waals surface area contributed by atoms with Crippen LogP contribution in [0.15, 0.2) is 24.5 Å². The van der Waals surface area contributed by atoms with Crippen LogP contribution in [0.1, 0.15) is 18.4 Å². The summed E-state index contributed by atoms with van der Waals surface area (Å²) in [5.74, 6) is 0. The third kappa shape index (κ3) is 3.91. The van der Waals surface area contributed by atoms with Crippen molar-refractivity contribution in [2.75, 3.05) is 32.7 Å². The van der Waals surface area contributed by atoms with Crippen LogP contribution in [-0.4, -0.2) is 42.6 Å². The first-order chi connectivity index (χ1) is 7.95. The Morgan fingerprint density at radius 2 is 1.81 bits per heavy atom. The second-order valence-electron chi connectivity index (χ2n) is 4.40. The molecule has 1 fully saturated rings. The summed E-state index contributed by atoms with van der Waals surface area (Å²) in [5.41, 5.74) is 1.40. The van der Waals surface area contributed by atoms with Crippen molar-refractivity contribution in [3.63, 3.8) is 0 Å². The first kappa shape index (κ1) is 11.6. The minimum absolute atomic E-state index is 1.15. The van der Waals surface area contributed by atoms with Gasteiger partial charge in [0.05, 0.1) is 0 Å². The highest BCUT2D eigenvalue weighted by molar-refractivity contribution is 5.09. The van der Waals surface area contributed by atoms with Gasteiger partial charge >= 0.3 is 0 Å². The van der Waals surface area contributed by atoms with Gasteiger partial charge in [-0.2, -0.15) is 0 Å². The minimum Gasteiger partial charge on any atom is -0.317 e. The molecule has 0 radical (unpaired) electrons. The maximum atomic E-state index is 4.05. The van der Waals surface area contributed by atoms with Gasteiger partial charge in [-0.25, -0.2) is 0 Å². The lowest BCUT2D eigenvalue weighted by Crippen LogP contribution is -2.35. The molecule has 0 amide bonds. The molecule has 0 saturated carbocycles. The number of rotatable bonds is 3. The predicted octanol–water partition coefficient (Wildman–Crippen LogP) is 1.31. The normalized spacial score (nSPS) is 19.0. The summed E-state index contributed by atoms with van der Waals surface area (Å²) in [5, 5.41) is 3.45. The van der Waals surface area contributed by atoms with E-state index in [1.165, 1.54) is 51.1 Å². The molecule has 3 heteroatoms. The Hall–Kier alpha value is -0.930. The zero-order valence-electron chi connectivity index (χ0n) is 9.86. The molecule has 2 heterocycles. The summed E-state index contributed by atoms with van der Waals surface area (Å²) in [4.78, 5) is 6.63. The number of hydrogen-bond donors (Lipinski definition) is 1. The fraction of sp³-hybridized carbons (Fsp3) is 0.615. The van der Waals surface area contributed by atoms with E-state index in [-0.39, 0.29) is 0 Å². The van der Waals surface area contributed by atoms with E-state index in [9.17, 15) is 0 Å². The fourth-order valence-corrected chi connectivity index (χ4v) is 2.15. The molecular formula is C13H21N3. The first-order valence-corrected chi connectivity index (χ1v) is 6.27. The van der Waals surface area contributed by atoms with Gasteiger partial charge in [0.1, 0.15) is 0 Å².